The Morgan fingerprint density at radius 1 is 1.07 bits per heavy atom. The molecule has 0 aliphatic carbocycles. The Balaban J connectivity index is 1.60. The van der Waals surface area contributed by atoms with Crippen LogP contribution in [-0.4, -0.2) is 35.9 Å². The van der Waals surface area contributed by atoms with Crippen LogP contribution in [0.5, 0.6) is 0 Å². The summed E-state index contributed by atoms with van der Waals surface area (Å²) in [6, 6.07) is 15.7. The van der Waals surface area contributed by atoms with E-state index in [0.717, 1.165) is 40.1 Å². The van der Waals surface area contributed by atoms with Gasteiger partial charge < -0.3 is 0 Å². The van der Waals surface area contributed by atoms with E-state index in [1.807, 2.05) is 62.4 Å². The zero-order chi connectivity index (χ0) is 30.7. The third-order valence-corrected chi connectivity index (χ3v) is 7.14. The summed E-state index contributed by atoms with van der Waals surface area (Å²) < 4.78 is 8.10. The van der Waals surface area contributed by atoms with Crippen LogP contribution in [0.1, 0.15) is 63.7 Å². The molecule has 0 fully saturated rings. The van der Waals surface area contributed by atoms with Crippen molar-refractivity contribution in [3.63, 3.8) is 0 Å². The quantitative estimate of drug-likeness (QED) is 0.216. The van der Waals surface area contributed by atoms with Gasteiger partial charge in [-0.05, 0) is 37.0 Å². The topological polar surface area (TPSA) is 132 Å². The molecule has 3 aromatic heterocycles. The van der Waals surface area contributed by atoms with Crippen LogP contribution in [0.4, 0.5) is 0 Å². The highest BCUT2D eigenvalue weighted by molar-refractivity contribution is 5.80. The van der Waals surface area contributed by atoms with Crippen molar-refractivity contribution in [1.82, 2.24) is 34.8 Å². The van der Waals surface area contributed by atoms with Crippen molar-refractivity contribution in [1.29, 1.82) is 0 Å². The monoisotopic (exact) mass is 583 g/mol. The number of hydrogen-bond acceptors (Lipinski definition) is 8. The lowest BCUT2D eigenvalue weighted by Gasteiger charge is -2.24. The van der Waals surface area contributed by atoms with E-state index in [1.54, 1.807) is 15.3 Å². The Labute approximate surface area is 249 Å². The van der Waals surface area contributed by atoms with Crippen LogP contribution >= 0.6 is 0 Å². The van der Waals surface area contributed by atoms with E-state index in [0.29, 0.717) is 42.4 Å². The molecule has 0 radical (unpaired) electrons. The number of allylic oxidation sites excluding steroid dienone is 1. The van der Waals surface area contributed by atoms with E-state index in [4.69, 9.17) is 9.36 Å². The first kappa shape index (κ1) is 29.7. The molecule has 11 heteroatoms. The molecule has 0 saturated heterocycles. The van der Waals surface area contributed by atoms with Gasteiger partial charge in [0.25, 0.3) is 5.56 Å². The number of hydroxylamine groups is 1. The second kappa shape index (κ2) is 12.2. The van der Waals surface area contributed by atoms with Gasteiger partial charge in [0.1, 0.15) is 5.82 Å². The standard InChI is InChI=1S/C32H37N7O4/c1-7-11-26-25(29(40)38(30-33-20(3)35-39(26)30)19-27(32(4,5)6)36-42-8-2)18-21-14-16-22(17-15-21)23-12-9-10-13-24(23)28-34-31(41)43-37-28/h9-10,12-17,19,36H,7-8,11,18H2,1-6H3,(H,34,37,41)/b27-19-. The lowest BCUT2D eigenvalue weighted by Crippen LogP contribution is -2.30. The lowest BCUT2D eigenvalue weighted by atomic mass is 9.93. The smallest absolute Gasteiger partial charge is 0.296 e. The van der Waals surface area contributed by atoms with Gasteiger partial charge in [-0.2, -0.15) is 10.1 Å². The summed E-state index contributed by atoms with van der Waals surface area (Å²) in [6.07, 6.45) is 3.71. The second-order valence-corrected chi connectivity index (χ2v) is 11.4. The van der Waals surface area contributed by atoms with Crippen LogP contribution < -0.4 is 16.8 Å². The Hall–Kier alpha value is -4.77. The number of nitrogens with one attached hydrogen (secondary N) is 2. The van der Waals surface area contributed by atoms with Gasteiger partial charge in [0.2, 0.25) is 5.78 Å². The predicted octanol–water partition coefficient (Wildman–Crippen LogP) is 5.14. The summed E-state index contributed by atoms with van der Waals surface area (Å²) >= 11 is 0. The first-order chi connectivity index (χ1) is 20.6. The maximum absolute atomic E-state index is 14.2. The summed E-state index contributed by atoms with van der Waals surface area (Å²) in [5.74, 6) is 0.814. The van der Waals surface area contributed by atoms with Gasteiger partial charge in [-0.1, -0.05) is 87.8 Å². The average Bonchev–Trinajstić information content (AvgIpc) is 3.59. The van der Waals surface area contributed by atoms with Crippen molar-refractivity contribution in [2.24, 2.45) is 5.41 Å². The first-order valence-electron chi connectivity index (χ1n) is 14.4. The predicted molar refractivity (Wildman–Crippen MR) is 165 cm³/mol. The minimum absolute atomic E-state index is 0.146. The number of rotatable bonds is 10. The third kappa shape index (κ3) is 6.21. The van der Waals surface area contributed by atoms with Crippen LogP contribution in [0.3, 0.4) is 0 Å². The molecule has 0 aliphatic heterocycles. The lowest BCUT2D eigenvalue weighted by molar-refractivity contribution is 0.0608. The zero-order valence-corrected chi connectivity index (χ0v) is 25.4. The number of aromatic amines is 1. The third-order valence-electron chi connectivity index (χ3n) is 7.14. The molecular weight excluding hydrogens is 546 g/mol. The van der Waals surface area contributed by atoms with Crippen molar-refractivity contribution in [3.8, 4) is 22.5 Å². The molecule has 2 aromatic carbocycles. The van der Waals surface area contributed by atoms with Crippen molar-refractivity contribution in [3.05, 3.63) is 97.8 Å². The number of aryl methyl sites for hydroxylation is 2. The molecule has 11 nitrogen and oxygen atoms in total. The molecule has 5 rings (SSSR count). The number of nitrogens with zero attached hydrogens (tertiary/aromatic N) is 5. The fourth-order valence-electron chi connectivity index (χ4n) is 4.96. The highest BCUT2D eigenvalue weighted by atomic mass is 16.6. The van der Waals surface area contributed by atoms with Crippen molar-refractivity contribution in [2.45, 2.75) is 60.8 Å². The van der Waals surface area contributed by atoms with E-state index in [2.05, 4.69) is 53.4 Å². The van der Waals surface area contributed by atoms with Crippen LogP contribution in [0.25, 0.3) is 34.5 Å². The molecule has 0 aliphatic rings. The van der Waals surface area contributed by atoms with Crippen LogP contribution in [-0.2, 0) is 17.7 Å². The van der Waals surface area contributed by atoms with Crippen molar-refractivity contribution >= 4 is 12.0 Å². The largest absolute Gasteiger partial charge is 0.439 e. The maximum atomic E-state index is 14.2. The van der Waals surface area contributed by atoms with E-state index in [1.165, 1.54) is 0 Å². The minimum atomic E-state index is -0.605. The molecule has 5 aromatic rings. The summed E-state index contributed by atoms with van der Waals surface area (Å²) in [5, 5.41) is 8.55. The van der Waals surface area contributed by atoms with E-state index < -0.39 is 5.76 Å². The number of benzene rings is 2. The normalized spacial score (nSPS) is 12.3. The highest BCUT2D eigenvalue weighted by Crippen LogP contribution is 2.30. The number of fused-ring (bicyclic) bond motifs is 1. The average molecular weight is 584 g/mol. The fourth-order valence-corrected chi connectivity index (χ4v) is 4.96. The van der Waals surface area contributed by atoms with Gasteiger partial charge >= 0.3 is 5.76 Å². The number of H-pyrrole nitrogens is 1. The van der Waals surface area contributed by atoms with E-state index in [-0.39, 0.29) is 11.0 Å². The molecule has 43 heavy (non-hydrogen) atoms. The number of aromatic nitrogens is 6. The molecule has 2 N–H and O–H groups in total. The summed E-state index contributed by atoms with van der Waals surface area (Å²) in [4.78, 5) is 38.6. The molecule has 0 amide bonds. The Bertz CT molecular complexity index is 1890. The molecular formula is C32H37N7O4. The van der Waals surface area contributed by atoms with Gasteiger partial charge in [0, 0.05) is 29.2 Å². The van der Waals surface area contributed by atoms with Gasteiger partial charge in [-0.15, -0.1) is 0 Å². The molecule has 224 valence electrons. The molecule has 0 unspecified atom stereocenters. The Kier molecular flexibility index (Phi) is 8.45. The first-order valence-corrected chi connectivity index (χ1v) is 14.4. The highest BCUT2D eigenvalue weighted by Gasteiger charge is 2.23. The Morgan fingerprint density at radius 2 is 1.79 bits per heavy atom. The molecule has 0 saturated carbocycles. The van der Waals surface area contributed by atoms with Gasteiger partial charge in [-0.25, -0.2) is 13.9 Å². The second-order valence-electron chi connectivity index (χ2n) is 11.4. The van der Waals surface area contributed by atoms with Crippen LogP contribution in [0.2, 0.25) is 0 Å². The number of hydrogen-bond donors (Lipinski definition) is 2. The molecule has 0 atom stereocenters. The van der Waals surface area contributed by atoms with Gasteiger partial charge in [0.05, 0.1) is 18.0 Å². The SMILES string of the molecule is CCCc1c(Cc2ccc(-c3ccccc3-c3noc(=O)[nH]3)cc2)c(=O)n(/C=C(\NOCC)C(C)(C)C)c2nc(C)nn12. The molecule has 3 heterocycles. The minimum Gasteiger partial charge on any atom is -0.296 e. The molecule has 0 spiro atoms. The summed E-state index contributed by atoms with van der Waals surface area (Å²) in [7, 11) is 0. The fraction of sp³-hybridized carbons (Fsp3) is 0.344. The van der Waals surface area contributed by atoms with Gasteiger partial charge in [0.15, 0.2) is 5.82 Å². The van der Waals surface area contributed by atoms with E-state index in [9.17, 15) is 9.59 Å². The maximum Gasteiger partial charge on any atom is 0.439 e. The van der Waals surface area contributed by atoms with Crippen LogP contribution in [0, 0.1) is 12.3 Å². The zero-order valence-electron chi connectivity index (χ0n) is 25.4. The summed E-state index contributed by atoms with van der Waals surface area (Å²) in [5.41, 5.74) is 8.37. The van der Waals surface area contributed by atoms with Gasteiger partial charge in [-0.3, -0.25) is 24.6 Å². The van der Waals surface area contributed by atoms with E-state index >= 15 is 0 Å². The Morgan fingerprint density at radius 3 is 2.42 bits per heavy atom. The van der Waals surface area contributed by atoms with Crippen molar-refractivity contribution < 1.29 is 9.36 Å². The van der Waals surface area contributed by atoms with Crippen molar-refractivity contribution in [2.75, 3.05) is 6.61 Å². The van der Waals surface area contributed by atoms with Crippen LogP contribution in [0.15, 0.2) is 68.3 Å². The summed E-state index contributed by atoms with van der Waals surface area (Å²) in [6.45, 7) is 12.4. The molecule has 0 bridgehead atoms.